The van der Waals surface area contributed by atoms with Crippen molar-refractivity contribution in [1.82, 2.24) is 9.62 Å². The average molecular weight is 356 g/mol. The first-order valence-electron chi connectivity index (χ1n) is 7.45. The average Bonchev–Trinajstić information content (AvgIpc) is 2.52. The Hall–Kier alpha value is -1.97. The van der Waals surface area contributed by atoms with Crippen LogP contribution in [0.5, 0.6) is 0 Å². The highest BCUT2D eigenvalue weighted by Crippen LogP contribution is 2.14. The van der Waals surface area contributed by atoms with Gasteiger partial charge in [0.1, 0.15) is 0 Å². The highest BCUT2D eigenvalue weighted by molar-refractivity contribution is 7.89. The molecule has 4 N–H and O–H groups in total. The number of rotatable bonds is 7. The number of hydrogen-bond donors (Lipinski definition) is 3. The van der Waals surface area contributed by atoms with Gasteiger partial charge < -0.3 is 16.0 Å². The Labute approximate surface area is 142 Å². The third-order valence-electron chi connectivity index (χ3n) is 3.54. The molecule has 0 saturated heterocycles. The van der Waals surface area contributed by atoms with Gasteiger partial charge in [-0.3, -0.25) is 9.59 Å². The van der Waals surface area contributed by atoms with E-state index in [0.717, 1.165) is 0 Å². The predicted octanol–water partition coefficient (Wildman–Crippen LogP) is 0.117. The zero-order valence-electron chi connectivity index (χ0n) is 14.2. The SMILES string of the molecule is CC(=O)Nc1ccc(S(=O)(=O)NC(C)C(=O)N(C)C(C)CN)cc1. The topological polar surface area (TPSA) is 122 Å². The van der Waals surface area contributed by atoms with Crippen LogP contribution >= 0.6 is 0 Å². The van der Waals surface area contributed by atoms with Gasteiger partial charge in [-0.2, -0.15) is 4.72 Å². The summed E-state index contributed by atoms with van der Waals surface area (Å²) in [6.45, 7) is 4.90. The Morgan fingerprint density at radius 2 is 1.75 bits per heavy atom. The Morgan fingerprint density at radius 1 is 1.21 bits per heavy atom. The fraction of sp³-hybridized carbons (Fsp3) is 0.467. The Balaban J connectivity index is 2.85. The zero-order valence-corrected chi connectivity index (χ0v) is 15.1. The van der Waals surface area contributed by atoms with Gasteiger partial charge in [0.05, 0.1) is 10.9 Å². The van der Waals surface area contributed by atoms with Crippen molar-refractivity contribution in [3.05, 3.63) is 24.3 Å². The van der Waals surface area contributed by atoms with Crippen LogP contribution < -0.4 is 15.8 Å². The lowest BCUT2D eigenvalue weighted by Gasteiger charge is -2.27. The molecular formula is C15H24N4O4S. The van der Waals surface area contributed by atoms with Gasteiger partial charge in [0, 0.05) is 32.2 Å². The fourth-order valence-corrected chi connectivity index (χ4v) is 3.15. The summed E-state index contributed by atoms with van der Waals surface area (Å²) >= 11 is 0. The Kier molecular flexibility index (Phi) is 6.88. The molecule has 24 heavy (non-hydrogen) atoms. The highest BCUT2D eigenvalue weighted by atomic mass is 32.2. The van der Waals surface area contributed by atoms with E-state index in [2.05, 4.69) is 10.0 Å². The molecule has 0 fully saturated rings. The normalized spacial score (nSPS) is 13.9. The van der Waals surface area contributed by atoms with Crippen LogP contribution in [0, 0.1) is 0 Å². The molecule has 1 rings (SSSR count). The second-order valence-electron chi connectivity index (χ2n) is 5.58. The van der Waals surface area contributed by atoms with Crippen LogP contribution in [-0.4, -0.2) is 50.8 Å². The molecule has 0 aromatic heterocycles. The molecule has 0 saturated carbocycles. The number of nitrogens with two attached hydrogens (primary N) is 1. The molecule has 0 aliphatic heterocycles. The molecule has 0 heterocycles. The van der Waals surface area contributed by atoms with E-state index in [9.17, 15) is 18.0 Å². The Bertz CT molecular complexity index is 688. The monoisotopic (exact) mass is 356 g/mol. The number of carbonyl (C=O) groups excluding carboxylic acids is 2. The number of hydrogen-bond acceptors (Lipinski definition) is 5. The predicted molar refractivity (Wildman–Crippen MR) is 91.8 cm³/mol. The number of nitrogens with zero attached hydrogens (tertiary/aromatic N) is 1. The van der Waals surface area contributed by atoms with Crippen molar-refractivity contribution >= 4 is 27.5 Å². The van der Waals surface area contributed by atoms with E-state index in [1.165, 1.54) is 43.0 Å². The molecule has 2 unspecified atom stereocenters. The van der Waals surface area contributed by atoms with Crippen LogP contribution in [0.15, 0.2) is 29.2 Å². The molecule has 2 atom stereocenters. The maximum absolute atomic E-state index is 12.3. The van der Waals surface area contributed by atoms with E-state index in [-0.39, 0.29) is 29.3 Å². The quantitative estimate of drug-likeness (QED) is 0.640. The van der Waals surface area contributed by atoms with Crippen LogP contribution in [0.25, 0.3) is 0 Å². The van der Waals surface area contributed by atoms with Crippen molar-refractivity contribution in [3.63, 3.8) is 0 Å². The van der Waals surface area contributed by atoms with Gasteiger partial charge in [-0.25, -0.2) is 8.42 Å². The molecular weight excluding hydrogens is 332 g/mol. The molecule has 0 spiro atoms. The van der Waals surface area contributed by atoms with Gasteiger partial charge in [0.25, 0.3) is 0 Å². The van der Waals surface area contributed by atoms with Crippen molar-refractivity contribution in [2.75, 3.05) is 18.9 Å². The van der Waals surface area contributed by atoms with Crippen molar-refractivity contribution in [2.24, 2.45) is 5.73 Å². The third-order valence-corrected chi connectivity index (χ3v) is 5.09. The van der Waals surface area contributed by atoms with Gasteiger partial charge in [0.15, 0.2) is 0 Å². The number of amides is 2. The van der Waals surface area contributed by atoms with Gasteiger partial charge in [-0.05, 0) is 38.1 Å². The highest BCUT2D eigenvalue weighted by Gasteiger charge is 2.26. The number of likely N-dealkylation sites (N-methyl/N-ethyl adjacent to an activating group) is 1. The van der Waals surface area contributed by atoms with Gasteiger partial charge in [-0.15, -0.1) is 0 Å². The van der Waals surface area contributed by atoms with E-state index < -0.39 is 16.1 Å². The van der Waals surface area contributed by atoms with Crippen LogP contribution in [0.4, 0.5) is 5.69 Å². The van der Waals surface area contributed by atoms with E-state index in [0.29, 0.717) is 5.69 Å². The van der Waals surface area contributed by atoms with Gasteiger partial charge in [-0.1, -0.05) is 0 Å². The molecule has 0 radical (unpaired) electrons. The van der Waals surface area contributed by atoms with Crippen molar-refractivity contribution in [2.45, 2.75) is 37.8 Å². The maximum atomic E-state index is 12.3. The Morgan fingerprint density at radius 3 is 2.21 bits per heavy atom. The number of anilines is 1. The van der Waals surface area contributed by atoms with E-state index >= 15 is 0 Å². The summed E-state index contributed by atoms with van der Waals surface area (Å²) < 4.78 is 27.0. The summed E-state index contributed by atoms with van der Waals surface area (Å²) in [7, 11) is -2.28. The second kappa shape index (κ2) is 8.22. The van der Waals surface area contributed by atoms with Crippen molar-refractivity contribution < 1.29 is 18.0 Å². The smallest absolute Gasteiger partial charge is 0.241 e. The van der Waals surface area contributed by atoms with Gasteiger partial charge >= 0.3 is 0 Å². The van der Waals surface area contributed by atoms with Crippen molar-refractivity contribution in [3.8, 4) is 0 Å². The molecule has 0 aliphatic rings. The first kappa shape index (κ1) is 20.1. The van der Waals surface area contributed by atoms with E-state index in [1.54, 1.807) is 14.0 Å². The standard InChI is InChI=1S/C15H24N4O4S/c1-10(9-16)19(4)15(21)11(2)18-24(22,23)14-7-5-13(6-8-14)17-12(3)20/h5-8,10-11,18H,9,16H2,1-4H3,(H,17,20). The van der Waals surface area contributed by atoms with Crippen LogP contribution in [0.2, 0.25) is 0 Å². The minimum atomic E-state index is -3.86. The van der Waals surface area contributed by atoms with Crippen LogP contribution in [0.3, 0.4) is 0 Å². The minimum absolute atomic E-state index is 0.00535. The number of sulfonamides is 1. The number of benzene rings is 1. The first-order valence-corrected chi connectivity index (χ1v) is 8.93. The molecule has 1 aromatic carbocycles. The summed E-state index contributed by atoms with van der Waals surface area (Å²) in [5.74, 6) is -0.619. The van der Waals surface area contributed by atoms with E-state index in [1.807, 2.05) is 0 Å². The zero-order chi connectivity index (χ0) is 18.5. The van der Waals surface area contributed by atoms with Crippen LogP contribution in [0.1, 0.15) is 20.8 Å². The van der Waals surface area contributed by atoms with E-state index in [4.69, 9.17) is 5.73 Å². The third kappa shape index (κ3) is 5.29. The lowest BCUT2D eigenvalue weighted by atomic mass is 10.2. The maximum Gasteiger partial charge on any atom is 0.241 e. The number of carbonyl (C=O) groups is 2. The first-order chi connectivity index (χ1) is 11.1. The second-order valence-corrected chi connectivity index (χ2v) is 7.30. The molecule has 0 aliphatic carbocycles. The summed E-state index contributed by atoms with van der Waals surface area (Å²) in [5.41, 5.74) is 6.00. The molecule has 2 amide bonds. The molecule has 0 bridgehead atoms. The summed E-state index contributed by atoms with van der Waals surface area (Å²) in [5, 5.41) is 2.55. The molecule has 9 heteroatoms. The minimum Gasteiger partial charge on any atom is -0.340 e. The molecule has 1 aromatic rings. The lowest BCUT2D eigenvalue weighted by molar-refractivity contribution is -0.132. The lowest BCUT2D eigenvalue weighted by Crippen LogP contribution is -2.49. The summed E-state index contributed by atoms with van der Waals surface area (Å²) in [6.07, 6.45) is 0. The molecule has 8 nitrogen and oxygen atoms in total. The molecule has 134 valence electrons. The summed E-state index contributed by atoms with van der Waals surface area (Å²) in [6, 6.07) is 4.55. The van der Waals surface area contributed by atoms with Crippen LogP contribution in [-0.2, 0) is 19.6 Å². The number of nitrogens with one attached hydrogen (secondary N) is 2. The summed E-state index contributed by atoms with van der Waals surface area (Å²) in [4.78, 5) is 24.6. The van der Waals surface area contributed by atoms with Gasteiger partial charge in [0.2, 0.25) is 21.8 Å². The largest absolute Gasteiger partial charge is 0.340 e. The fourth-order valence-electron chi connectivity index (χ4n) is 1.95. The van der Waals surface area contributed by atoms with Crippen molar-refractivity contribution in [1.29, 1.82) is 0 Å².